The summed E-state index contributed by atoms with van der Waals surface area (Å²) in [5.74, 6) is 1.88. The minimum absolute atomic E-state index is 0.648. The molecule has 0 bridgehead atoms. The molecule has 2 aliphatic carbocycles. The summed E-state index contributed by atoms with van der Waals surface area (Å²) in [5, 5.41) is 13.2. The lowest BCUT2D eigenvalue weighted by Crippen LogP contribution is -2.43. The van der Waals surface area contributed by atoms with E-state index in [1.807, 2.05) is 0 Å². The van der Waals surface area contributed by atoms with E-state index in [9.17, 15) is 5.26 Å². The Labute approximate surface area is 138 Å². The lowest BCUT2D eigenvalue weighted by Gasteiger charge is -2.34. The highest BCUT2D eigenvalue weighted by Crippen LogP contribution is 2.30. The van der Waals surface area contributed by atoms with Gasteiger partial charge in [-0.3, -0.25) is 0 Å². The Kier molecular flexibility index (Phi) is 4.22. The second-order valence-corrected chi connectivity index (χ2v) is 7.40. The second-order valence-electron chi connectivity index (χ2n) is 7.40. The van der Waals surface area contributed by atoms with Crippen molar-refractivity contribution in [3.05, 3.63) is 22.9 Å². The smallest absolute Gasteiger partial charge is 0.146 e. The summed E-state index contributed by atoms with van der Waals surface area (Å²) >= 11 is 0. The molecule has 0 aromatic carbocycles. The Hall–Kier alpha value is -1.60. The number of hydrogen-bond acceptors (Lipinski definition) is 4. The Bertz CT molecular complexity index is 607. The zero-order chi connectivity index (χ0) is 15.6. The minimum Gasteiger partial charge on any atom is -0.355 e. The second kappa shape index (κ2) is 6.49. The van der Waals surface area contributed by atoms with Crippen LogP contribution in [0.4, 0.5) is 5.82 Å². The van der Waals surface area contributed by atoms with Gasteiger partial charge in [-0.2, -0.15) is 5.26 Å². The van der Waals surface area contributed by atoms with Crippen LogP contribution < -0.4 is 10.2 Å². The van der Waals surface area contributed by atoms with Crippen molar-refractivity contribution in [2.24, 2.45) is 5.92 Å². The summed E-state index contributed by atoms with van der Waals surface area (Å²) in [5.41, 5.74) is 3.31. The minimum atomic E-state index is 0.648. The van der Waals surface area contributed by atoms with E-state index in [4.69, 9.17) is 4.98 Å². The molecule has 122 valence electrons. The van der Waals surface area contributed by atoms with Gasteiger partial charge in [-0.25, -0.2) is 4.98 Å². The first-order valence-electron chi connectivity index (χ1n) is 9.24. The lowest BCUT2D eigenvalue weighted by molar-refractivity contribution is 0.407. The first-order valence-corrected chi connectivity index (χ1v) is 9.24. The first-order chi connectivity index (χ1) is 11.3. The molecule has 23 heavy (non-hydrogen) atoms. The molecule has 2 heterocycles. The van der Waals surface area contributed by atoms with Gasteiger partial charge in [-0.15, -0.1) is 0 Å². The molecule has 3 aliphatic rings. The van der Waals surface area contributed by atoms with Crippen LogP contribution in [-0.2, 0) is 12.8 Å². The predicted molar refractivity (Wildman–Crippen MR) is 91.6 cm³/mol. The van der Waals surface area contributed by atoms with Crippen molar-refractivity contribution in [2.75, 3.05) is 24.5 Å². The van der Waals surface area contributed by atoms with Crippen LogP contribution in [0.15, 0.2) is 6.07 Å². The van der Waals surface area contributed by atoms with Crippen molar-refractivity contribution < 1.29 is 0 Å². The molecule has 1 aromatic heterocycles. The molecule has 1 aromatic rings. The van der Waals surface area contributed by atoms with Gasteiger partial charge in [-0.05, 0) is 75.5 Å². The summed E-state index contributed by atoms with van der Waals surface area (Å²) in [6.45, 7) is 3.23. The number of anilines is 1. The predicted octanol–water partition coefficient (Wildman–Crippen LogP) is 2.80. The van der Waals surface area contributed by atoms with Gasteiger partial charge >= 0.3 is 0 Å². The third-order valence-electron chi connectivity index (χ3n) is 5.59. The zero-order valence-corrected chi connectivity index (χ0v) is 13.9. The van der Waals surface area contributed by atoms with E-state index in [0.717, 1.165) is 56.1 Å². The van der Waals surface area contributed by atoms with Gasteiger partial charge in [0.05, 0.1) is 5.56 Å². The molecular weight excluding hydrogens is 284 g/mol. The molecule has 1 saturated carbocycles. The first kappa shape index (κ1) is 15.0. The average molecular weight is 310 g/mol. The number of nitriles is 1. The van der Waals surface area contributed by atoms with Crippen molar-refractivity contribution in [1.29, 1.82) is 5.26 Å². The molecule has 1 aliphatic heterocycles. The van der Waals surface area contributed by atoms with Crippen LogP contribution in [-0.4, -0.2) is 30.7 Å². The number of pyridine rings is 1. The molecule has 0 spiro atoms. The SMILES string of the molecule is N#Cc1cc2c(nc1N1CCC(NCC3CC3)CC1)CCCC2. The summed E-state index contributed by atoms with van der Waals surface area (Å²) in [7, 11) is 0. The molecule has 0 unspecified atom stereocenters. The third-order valence-corrected chi connectivity index (χ3v) is 5.59. The van der Waals surface area contributed by atoms with E-state index in [1.165, 1.54) is 43.5 Å². The van der Waals surface area contributed by atoms with Crippen molar-refractivity contribution in [3.8, 4) is 6.07 Å². The summed E-state index contributed by atoms with van der Waals surface area (Å²) < 4.78 is 0. The fraction of sp³-hybridized carbons (Fsp3) is 0.684. The van der Waals surface area contributed by atoms with Crippen molar-refractivity contribution in [1.82, 2.24) is 10.3 Å². The number of aryl methyl sites for hydroxylation is 2. The van der Waals surface area contributed by atoms with Gasteiger partial charge in [-0.1, -0.05) is 0 Å². The maximum absolute atomic E-state index is 9.53. The number of hydrogen-bond donors (Lipinski definition) is 1. The van der Waals surface area contributed by atoms with Crippen LogP contribution >= 0.6 is 0 Å². The monoisotopic (exact) mass is 310 g/mol. The molecule has 1 saturated heterocycles. The van der Waals surface area contributed by atoms with E-state index in [1.54, 1.807) is 0 Å². The van der Waals surface area contributed by atoms with Crippen LogP contribution in [0.3, 0.4) is 0 Å². The highest BCUT2D eigenvalue weighted by atomic mass is 15.2. The van der Waals surface area contributed by atoms with E-state index in [-0.39, 0.29) is 0 Å². The molecule has 2 fully saturated rings. The van der Waals surface area contributed by atoms with Crippen LogP contribution in [0.5, 0.6) is 0 Å². The van der Waals surface area contributed by atoms with Gasteiger partial charge in [0.15, 0.2) is 0 Å². The molecule has 4 rings (SSSR count). The van der Waals surface area contributed by atoms with Crippen LogP contribution in [0.1, 0.15) is 55.3 Å². The molecule has 1 N–H and O–H groups in total. The molecule has 0 radical (unpaired) electrons. The molecule has 4 heteroatoms. The van der Waals surface area contributed by atoms with Gasteiger partial charge in [0.2, 0.25) is 0 Å². The Morgan fingerprint density at radius 1 is 1.17 bits per heavy atom. The number of piperidine rings is 1. The highest BCUT2D eigenvalue weighted by molar-refractivity contribution is 5.56. The molecule has 4 nitrogen and oxygen atoms in total. The van der Waals surface area contributed by atoms with Crippen molar-refractivity contribution in [3.63, 3.8) is 0 Å². The fourth-order valence-corrected chi connectivity index (χ4v) is 3.90. The van der Waals surface area contributed by atoms with E-state index < -0.39 is 0 Å². The Morgan fingerprint density at radius 3 is 2.70 bits per heavy atom. The number of aromatic nitrogens is 1. The Morgan fingerprint density at radius 2 is 1.96 bits per heavy atom. The van der Waals surface area contributed by atoms with Crippen LogP contribution in [0, 0.1) is 17.2 Å². The third kappa shape index (κ3) is 3.35. The Balaban J connectivity index is 1.44. The largest absolute Gasteiger partial charge is 0.355 e. The van der Waals surface area contributed by atoms with Crippen molar-refractivity contribution in [2.45, 2.75) is 57.4 Å². The van der Waals surface area contributed by atoms with Crippen LogP contribution in [0.25, 0.3) is 0 Å². The van der Waals surface area contributed by atoms with E-state index >= 15 is 0 Å². The number of nitrogens with one attached hydrogen (secondary N) is 1. The maximum Gasteiger partial charge on any atom is 0.146 e. The fourth-order valence-electron chi connectivity index (χ4n) is 3.90. The molecular formula is C19H26N4. The van der Waals surface area contributed by atoms with E-state index in [0.29, 0.717) is 6.04 Å². The topological polar surface area (TPSA) is 52.0 Å². The summed E-state index contributed by atoms with van der Waals surface area (Å²) in [4.78, 5) is 7.24. The zero-order valence-electron chi connectivity index (χ0n) is 13.9. The van der Waals surface area contributed by atoms with Gasteiger partial charge in [0.1, 0.15) is 11.9 Å². The molecule has 0 amide bonds. The summed E-state index contributed by atoms with van der Waals surface area (Å²) in [6, 6.07) is 5.14. The number of nitrogens with zero attached hydrogens (tertiary/aromatic N) is 3. The quantitative estimate of drug-likeness (QED) is 0.929. The van der Waals surface area contributed by atoms with E-state index in [2.05, 4.69) is 22.4 Å². The average Bonchev–Trinajstić information content (AvgIpc) is 3.43. The summed E-state index contributed by atoms with van der Waals surface area (Å²) in [6.07, 6.45) is 9.78. The van der Waals surface area contributed by atoms with Gasteiger partial charge in [0.25, 0.3) is 0 Å². The molecule has 0 atom stereocenters. The van der Waals surface area contributed by atoms with Crippen LogP contribution in [0.2, 0.25) is 0 Å². The lowest BCUT2D eigenvalue weighted by atomic mass is 9.94. The van der Waals surface area contributed by atoms with Gasteiger partial charge < -0.3 is 10.2 Å². The van der Waals surface area contributed by atoms with Gasteiger partial charge in [0, 0.05) is 24.8 Å². The number of fused-ring (bicyclic) bond motifs is 1. The highest BCUT2D eigenvalue weighted by Gasteiger charge is 2.26. The van der Waals surface area contributed by atoms with Crippen molar-refractivity contribution >= 4 is 5.82 Å². The maximum atomic E-state index is 9.53. The number of rotatable bonds is 4. The standard InChI is InChI=1S/C19H26N4/c20-12-16-11-15-3-1-2-4-18(15)22-19(16)23-9-7-17(8-10-23)21-13-14-5-6-14/h11,14,17,21H,1-10,13H2. The normalized spacial score (nSPS) is 21.8.